The van der Waals surface area contributed by atoms with E-state index in [4.69, 9.17) is 4.74 Å². The summed E-state index contributed by atoms with van der Waals surface area (Å²) in [6.07, 6.45) is 4.75. The molecule has 3 aromatic heterocycles. The Bertz CT molecular complexity index is 1610. The molecule has 0 fully saturated rings. The third-order valence-electron chi connectivity index (χ3n) is 5.54. The number of nitrogens with zero attached hydrogens (tertiary/aromatic N) is 3. The molecular formula is C27H19F2N3O3. The number of carbonyl (C=O) groups excluding carboxylic acids is 1. The van der Waals surface area contributed by atoms with Crippen molar-refractivity contribution in [2.45, 2.75) is 13.0 Å². The van der Waals surface area contributed by atoms with E-state index in [1.165, 1.54) is 41.1 Å². The van der Waals surface area contributed by atoms with Gasteiger partial charge in [-0.1, -0.05) is 18.2 Å². The maximum Gasteiger partial charge on any atom is 0.261 e. The number of rotatable bonds is 7. The van der Waals surface area contributed by atoms with Crippen molar-refractivity contribution in [1.29, 1.82) is 0 Å². The minimum atomic E-state index is -0.631. The van der Waals surface area contributed by atoms with Crippen molar-refractivity contribution in [3.63, 3.8) is 0 Å². The average molecular weight is 471 g/mol. The van der Waals surface area contributed by atoms with Crippen LogP contribution in [0.3, 0.4) is 0 Å². The fourth-order valence-electron chi connectivity index (χ4n) is 3.85. The quantitative estimate of drug-likeness (QED) is 0.312. The molecule has 5 aromatic rings. The Balaban J connectivity index is 1.33. The predicted molar refractivity (Wildman–Crippen MR) is 126 cm³/mol. The molecule has 0 bridgehead atoms. The van der Waals surface area contributed by atoms with E-state index in [9.17, 15) is 18.4 Å². The summed E-state index contributed by atoms with van der Waals surface area (Å²) in [7, 11) is 0. The maximum atomic E-state index is 14.8. The molecule has 0 spiro atoms. The number of hydrogen-bond donors (Lipinski definition) is 0. The lowest BCUT2D eigenvalue weighted by Crippen LogP contribution is -2.26. The summed E-state index contributed by atoms with van der Waals surface area (Å²) in [6, 6.07) is 18.4. The zero-order chi connectivity index (χ0) is 24.4. The molecule has 0 atom stereocenters. The van der Waals surface area contributed by atoms with Gasteiger partial charge in [-0.3, -0.25) is 9.59 Å². The fraction of sp³-hybridized carbons (Fsp3) is 0.0741. The van der Waals surface area contributed by atoms with Gasteiger partial charge in [0.15, 0.2) is 23.1 Å². The van der Waals surface area contributed by atoms with Crippen LogP contribution in [0, 0.1) is 11.6 Å². The van der Waals surface area contributed by atoms with E-state index in [0.717, 1.165) is 0 Å². The Morgan fingerprint density at radius 3 is 2.57 bits per heavy atom. The van der Waals surface area contributed by atoms with Gasteiger partial charge in [0.25, 0.3) is 5.56 Å². The second kappa shape index (κ2) is 9.34. The smallest absolute Gasteiger partial charge is 0.261 e. The van der Waals surface area contributed by atoms with E-state index in [1.807, 2.05) is 0 Å². The van der Waals surface area contributed by atoms with Crippen LogP contribution < -0.4 is 10.3 Å². The van der Waals surface area contributed by atoms with Crippen LogP contribution in [0.5, 0.6) is 11.5 Å². The molecule has 5 rings (SSSR count). The van der Waals surface area contributed by atoms with Crippen molar-refractivity contribution in [2.24, 2.45) is 0 Å². The fourth-order valence-corrected chi connectivity index (χ4v) is 3.85. The van der Waals surface area contributed by atoms with Gasteiger partial charge in [-0.05, 0) is 65.7 Å². The standard InChI is InChI=1S/C27H19F2N3O3/c28-20-5-1-4-19(14-20)17-31-12-2-6-21(27(31)34)24(33)16-18-8-9-25(22(29)15-18)35-26-7-3-13-32-23(26)10-11-30-32/h1-15H,16-17H2. The first-order valence-electron chi connectivity index (χ1n) is 10.8. The van der Waals surface area contributed by atoms with Crippen LogP contribution in [0.1, 0.15) is 21.5 Å². The lowest BCUT2D eigenvalue weighted by molar-refractivity contribution is 0.0991. The summed E-state index contributed by atoms with van der Waals surface area (Å²) in [5.41, 5.74) is 1.18. The third kappa shape index (κ3) is 4.72. The highest BCUT2D eigenvalue weighted by atomic mass is 19.1. The molecule has 6 nitrogen and oxygen atoms in total. The summed E-state index contributed by atoms with van der Waals surface area (Å²) < 4.78 is 36.9. The maximum absolute atomic E-state index is 14.8. The molecule has 0 unspecified atom stereocenters. The highest BCUT2D eigenvalue weighted by Crippen LogP contribution is 2.28. The van der Waals surface area contributed by atoms with Crippen LogP contribution in [-0.4, -0.2) is 20.0 Å². The molecule has 3 heterocycles. The first-order valence-corrected chi connectivity index (χ1v) is 10.8. The zero-order valence-electron chi connectivity index (χ0n) is 18.4. The van der Waals surface area contributed by atoms with E-state index in [2.05, 4.69) is 5.10 Å². The molecule has 2 aromatic carbocycles. The summed E-state index contributed by atoms with van der Waals surface area (Å²) in [5.74, 6) is -1.03. The van der Waals surface area contributed by atoms with Gasteiger partial charge in [0.1, 0.15) is 11.3 Å². The van der Waals surface area contributed by atoms with E-state index < -0.39 is 23.0 Å². The number of hydrogen-bond acceptors (Lipinski definition) is 4. The Morgan fingerprint density at radius 2 is 1.74 bits per heavy atom. The van der Waals surface area contributed by atoms with Crippen molar-refractivity contribution >= 4 is 11.3 Å². The third-order valence-corrected chi connectivity index (χ3v) is 5.54. The van der Waals surface area contributed by atoms with Crippen molar-refractivity contribution in [3.05, 3.63) is 130 Å². The van der Waals surface area contributed by atoms with Crippen LogP contribution in [0.4, 0.5) is 8.78 Å². The highest BCUT2D eigenvalue weighted by molar-refractivity contribution is 5.97. The molecule has 0 N–H and O–H groups in total. The summed E-state index contributed by atoms with van der Waals surface area (Å²) in [6.45, 7) is 0.127. The minimum absolute atomic E-state index is 0.00709. The summed E-state index contributed by atoms with van der Waals surface area (Å²) >= 11 is 0. The minimum Gasteiger partial charge on any atom is -0.452 e. The molecule has 8 heteroatoms. The number of aromatic nitrogens is 3. The summed E-state index contributed by atoms with van der Waals surface area (Å²) in [4.78, 5) is 25.7. The molecule has 0 aliphatic rings. The van der Waals surface area contributed by atoms with Crippen LogP contribution in [-0.2, 0) is 13.0 Å². The van der Waals surface area contributed by atoms with Crippen molar-refractivity contribution in [3.8, 4) is 11.5 Å². The number of halogens is 2. The lowest BCUT2D eigenvalue weighted by atomic mass is 10.0. The monoisotopic (exact) mass is 471 g/mol. The number of fused-ring (bicyclic) bond motifs is 1. The highest BCUT2D eigenvalue weighted by Gasteiger charge is 2.15. The Morgan fingerprint density at radius 1 is 0.886 bits per heavy atom. The Kier molecular flexibility index (Phi) is 5.93. The number of ketones is 1. The van der Waals surface area contributed by atoms with Gasteiger partial charge in [-0.15, -0.1) is 0 Å². The Hall–Kier alpha value is -4.59. The molecule has 0 amide bonds. The van der Waals surface area contributed by atoms with Crippen LogP contribution in [0.2, 0.25) is 0 Å². The molecule has 0 saturated carbocycles. The van der Waals surface area contributed by atoms with Gasteiger partial charge in [-0.2, -0.15) is 5.10 Å². The molecular weight excluding hydrogens is 452 g/mol. The molecule has 0 radical (unpaired) electrons. The van der Waals surface area contributed by atoms with Crippen molar-refractivity contribution < 1.29 is 18.3 Å². The van der Waals surface area contributed by atoms with Gasteiger partial charge >= 0.3 is 0 Å². The number of carbonyl (C=O) groups is 1. The van der Waals surface area contributed by atoms with Gasteiger partial charge in [0.2, 0.25) is 0 Å². The second-order valence-corrected chi connectivity index (χ2v) is 7.99. The first-order chi connectivity index (χ1) is 17.0. The largest absolute Gasteiger partial charge is 0.452 e. The van der Waals surface area contributed by atoms with E-state index in [-0.39, 0.29) is 24.3 Å². The van der Waals surface area contributed by atoms with Crippen molar-refractivity contribution in [1.82, 2.24) is 14.2 Å². The number of ether oxygens (including phenoxy) is 1. The lowest BCUT2D eigenvalue weighted by Gasteiger charge is -2.10. The average Bonchev–Trinajstić information content (AvgIpc) is 3.32. The summed E-state index contributed by atoms with van der Waals surface area (Å²) in [5, 5.41) is 4.12. The van der Waals surface area contributed by atoms with E-state index in [1.54, 1.807) is 59.4 Å². The first kappa shape index (κ1) is 22.2. The van der Waals surface area contributed by atoms with Gasteiger partial charge in [0, 0.05) is 18.8 Å². The van der Waals surface area contributed by atoms with E-state index >= 15 is 0 Å². The van der Waals surface area contributed by atoms with Crippen LogP contribution in [0.15, 0.2) is 96.2 Å². The molecule has 174 valence electrons. The number of pyridine rings is 2. The SMILES string of the molecule is O=C(Cc1ccc(Oc2cccn3nccc23)c(F)c1)c1cccn(Cc2cccc(F)c2)c1=O. The van der Waals surface area contributed by atoms with Gasteiger partial charge in [-0.25, -0.2) is 13.3 Å². The van der Waals surface area contributed by atoms with Crippen LogP contribution in [0.25, 0.3) is 5.52 Å². The normalized spacial score (nSPS) is 11.0. The molecule has 35 heavy (non-hydrogen) atoms. The second-order valence-electron chi connectivity index (χ2n) is 7.99. The Labute approximate surface area is 198 Å². The predicted octanol–water partition coefficient (Wildman–Crippen LogP) is 5.04. The molecule has 0 aliphatic carbocycles. The van der Waals surface area contributed by atoms with Crippen LogP contribution >= 0.6 is 0 Å². The molecule has 0 saturated heterocycles. The van der Waals surface area contributed by atoms with Gasteiger partial charge < -0.3 is 9.30 Å². The topological polar surface area (TPSA) is 65.6 Å². The van der Waals surface area contributed by atoms with E-state index in [0.29, 0.717) is 22.4 Å². The molecule has 0 aliphatic heterocycles. The zero-order valence-corrected chi connectivity index (χ0v) is 18.4. The number of Topliss-reactive ketones (excluding diaryl/α,β-unsaturated/α-hetero) is 1. The van der Waals surface area contributed by atoms with Gasteiger partial charge in [0.05, 0.1) is 18.3 Å². The van der Waals surface area contributed by atoms with Crippen molar-refractivity contribution in [2.75, 3.05) is 0 Å². The number of benzene rings is 2.